The summed E-state index contributed by atoms with van der Waals surface area (Å²) in [6.45, 7) is 1.76. The molecule has 0 unspecified atom stereocenters. The topological polar surface area (TPSA) is 36.4 Å². The normalized spacial score (nSPS) is 15.8. The second kappa shape index (κ2) is 4.91. The van der Waals surface area contributed by atoms with Gasteiger partial charge in [0.1, 0.15) is 0 Å². The number of rotatable bonds is 1. The zero-order chi connectivity index (χ0) is 13.6. The second-order valence-electron chi connectivity index (χ2n) is 4.95. The Bertz CT molecular complexity index is 658. The molecule has 1 aromatic heterocycles. The van der Waals surface area contributed by atoms with Crippen molar-refractivity contribution >= 4 is 34.1 Å². The summed E-state index contributed by atoms with van der Waals surface area (Å²) in [6, 6.07) is 3.52. The Balaban J connectivity index is 2.36. The van der Waals surface area contributed by atoms with E-state index in [4.69, 9.17) is 23.2 Å². The van der Waals surface area contributed by atoms with Gasteiger partial charge in [0.15, 0.2) is 0 Å². The minimum Gasteiger partial charge on any atom is -0.392 e. The molecule has 1 aromatic carbocycles. The van der Waals surface area contributed by atoms with Gasteiger partial charge in [-0.05, 0) is 30.3 Å². The van der Waals surface area contributed by atoms with E-state index in [-0.39, 0.29) is 6.61 Å². The molecule has 2 aromatic rings. The highest BCUT2D eigenvalue weighted by atomic mass is 35.5. The molecule has 0 saturated heterocycles. The second-order valence-corrected chi connectivity index (χ2v) is 5.79. The van der Waals surface area contributed by atoms with Gasteiger partial charge in [-0.25, -0.2) is 0 Å². The van der Waals surface area contributed by atoms with Crippen LogP contribution in [-0.4, -0.2) is 28.6 Å². The van der Waals surface area contributed by atoms with Gasteiger partial charge in [-0.3, -0.25) is 4.98 Å². The molecule has 0 saturated carbocycles. The molecule has 0 radical (unpaired) electrons. The standard InChI is InChI=1S/C14H14Cl2N2O/c1-18-3-2-13-10(6-18)11(7-19)9-4-8(15)5-12(16)14(9)17-13/h4-5,19H,2-3,6-7H2,1H3. The van der Waals surface area contributed by atoms with Gasteiger partial charge in [0.2, 0.25) is 0 Å². The van der Waals surface area contributed by atoms with Crippen LogP contribution in [0.5, 0.6) is 0 Å². The molecule has 0 aliphatic carbocycles. The summed E-state index contributed by atoms with van der Waals surface area (Å²) in [5, 5.41) is 11.7. The Morgan fingerprint density at radius 2 is 2.16 bits per heavy atom. The molecule has 0 amide bonds. The molecule has 0 atom stereocenters. The van der Waals surface area contributed by atoms with Crippen LogP contribution in [0.1, 0.15) is 16.8 Å². The number of aliphatic hydroxyl groups excluding tert-OH is 1. The smallest absolute Gasteiger partial charge is 0.0896 e. The van der Waals surface area contributed by atoms with E-state index in [2.05, 4.69) is 16.9 Å². The Hall–Kier alpha value is -0.870. The van der Waals surface area contributed by atoms with Crippen LogP contribution >= 0.6 is 23.2 Å². The van der Waals surface area contributed by atoms with E-state index >= 15 is 0 Å². The Morgan fingerprint density at radius 3 is 2.89 bits per heavy atom. The number of hydrogen-bond acceptors (Lipinski definition) is 3. The molecule has 0 spiro atoms. The van der Waals surface area contributed by atoms with Crippen LogP contribution in [0.15, 0.2) is 12.1 Å². The molecular weight excluding hydrogens is 283 g/mol. The summed E-state index contributed by atoms with van der Waals surface area (Å²) in [5.74, 6) is 0. The van der Waals surface area contributed by atoms with E-state index < -0.39 is 0 Å². The summed E-state index contributed by atoms with van der Waals surface area (Å²) >= 11 is 12.3. The highest BCUT2D eigenvalue weighted by Crippen LogP contribution is 2.33. The SMILES string of the molecule is CN1CCc2nc3c(Cl)cc(Cl)cc3c(CO)c2C1. The van der Waals surface area contributed by atoms with E-state index in [1.54, 1.807) is 6.07 Å². The molecule has 1 aliphatic rings. The van der Waals surface area contributed by atoms with Crippen LogP contribution in [0.4, 0.5) is 0 Å². The van der Waals surface area contributed by atoms with E-state index in [9.17, 15) is 5.11 Å². The molecule has 100 valence electrons. The molecule has 2 heterocycles. The third-order valence-corrected chi connectivity index (χ3v) is 4.14. The summed E-state index contributed by atoms with van der Waals surface area (Å²) in [7, 11) is 2.07. The highest BCUT2D eigenvalue weighted by molar-refractivity contribution is 6.38. The Labute approximate surface area is 121 Å². The lowest BCUT2D eigenvalue weighted by Gasteiger charge is -2.27. The van der Waals surface area contributed by atoms with Crippen molar-refractivity contribution in [2.24, 2.45) is 0 Å². The lowest BCUT2D eigenvalue weighted by Crippen LogP contribution is -2.28. The van der Waals surface area contributed by atoms with Crippen molar-refractivity contribution in [1.29, 1.82) is 0 Å². The van der Waals surface area contributed by atoms with Crippen molar-refractivity contribution in [3.8, 4) is 0 Å². The van der Waals surface area contributed by atoms with Crippen LogP contribution in [-0.2, 0) is 19.6 Å². The van der Waals surface area contributed by atoms with Gasteiger partial charge in [-0.1, -0.05) is 23.2 Å². The maximum atomic E-state index is 9.73. The van der Waals surface area contributed by atoms with Crippen LogP contribution in [0.2, 0.25) is 10.0 Å². The molecule has 5 heteroatoms. The van der Waals surface area contributed by atoms with Crippen LogP contribution in [0.25, 0.3) is 10.9 Å². The van der Waals surface area contributed by atoms with Gasteiger partial charge in [0.25, 0.3) is 0 Å². The first-order chi connectivity index (χ1) is 9.10. The minimum atomic E-state index is -0.0220. The molecule has 3 nitrogen and oxygen atoms in total. The maximum absolute atomic E-state index is 9.73. The van der Waals surface area contributed by atoms with Crippen molar-refractivity contribution in [3.05, 3.63) is 39.0 Å². The van der Waals surface area contributed by atoms with E-state index in [0.29, 0.717) is 10.0 Å². The van der Waals surface area contributed by atoms with Gasteiger partial charge in [-0.2, -0.15) is 0 Å². The van der Waals surface area contributed by atoms with E-state index in [0.717, 1.165) is 47.2 Å². The van der Waals surface area contributed by atoms with Crippen molar-refractivity contribution in [2.75, 3.05) is 13.6 Å². The lowest BCUT2D eigenvalue weighted by atomic mass is 9.96. The number of pyridine rings is 1. The van der Waals surface area contributed by atoms with Crippen LogP contribution in [0.3, 0.4) is 0 Å². The molecule has 0 bridgehead atoms. The molecule has 19 heavy (non-hydrogen) atoms. The van der Waals surface area contributed by atoms with E-state index in [1.807, 2.05) is 6.07 Å². The van der Waals surface area contributed by atoms with Gasteiger partial charge in [0.05, 0.1) is 17.1 Å². The number of aliphatic hydroxyl groups is 1. The van der Waals surface area contributed by atoms with Gasteiger partial charge in [0, 0.05) is 35.6 Å². The van der Waals surface area contributed by atoms with Gasteiger partial charge >= 0.3 is 0 Å². The van der Waals surface area contributed by atoms with Crippen molar-refractivity contribution in [3.63, 3.8) is 0 Å². The largest absolute Gasteiger partial charge is 0.392 e. The number of benzene rings is 1. The van der Waals surface area contributed by atoms with Crippen molar-refractivity contribution in [1.82, 2.24) is 9.88 Å². The van der Waals surface area contributed by atoms with E-state index in [1.165, 1.54) is 0 Å². The summed E-state index contributed by atoms with van der Waals surface area (Å²) < 4.78 is 0. The monoisotopic (exact) mass is 296 g/mol. The first kappa shape index (κ1) is 13.1. The molecule has 1 aliphatic heterocycles. The highest BCUT2D eigenvalue weighted by Gasteiger charge is 2.21. The van der Waals surface area contributed by atoms with Crippen molar-refractivity contribution < 1.29 is 5.11 Å². The predicted molar refractivity (Wildman–Crippen MR) is 77.7 cm³/mol. The van der Waals surface area contributed by atoms with Gasteiger partial charge < -0.3 is 10.0 Å². The lowest BCUT2D eigenvalue weighted by molar-refractivity contribution is 0.271. The quantitative estimate of drug-likeness (QED) is 0.879. The number of likely N-dealkylation sites (N-methyl/N-ethyl adjacent to an activating group) is 1. The molecular formula is C14H14Cl2N2O. The number of nitrogens with zero attached hydrogens (tertiary/aromatic N) is 2. The summed E-state index contributed by atoms with van der Waals surface area (Å²) in [6.07, 6.45) is 0.883. The zero-order valence-corrected chi connectivity index (χ0v) is 12.1. The maximum Gasteiger partial charge on any atom is 0.0896 e. The number of fused-ring (bicyclic) bond motifs is 2. The van der Waals surface area contributed by atoms with Crippen LogP contribution in [0, 0.1) is 0 Å². The Morgan fingerprint density at radius 1 is 1.37 bits per heavy atom. The zero-order valence-electron chi connectivity index (χ0n) is 10.6. The average molecular weight is 297 g/mol. The average Bonchev–Trinajstić information content (AvgIpc) is 2.36. The fourth-order valence-electron chi connectivity index (χ4n) is 2.67. The molecule has 1 N–H and O–H groups in total. The Kier molecular flexibility index (Phi) is 3.39. The number of hydrogen-bond donors (Lipinski definition) is 1. The fourth-order valence-corrected chi connectivity index (χ4v) is 3.20. The number of aromatic nitrogens is 1. The van der Waals surface area contributed by atoms with Crippen LogP contribution < -0.4 is 0 Å². The van der Waals surface area contributed by atoms with Gasteiger partial charge in [-0.15, -0.1) is 0 Å². The first-order valence-electron chi connectivity index (χ1n) is 6.19. The van der Waals surface area contributed by atoms with Crippen molar-refractivity contribution in [2.45, 2.75) is 19.6 Å². The molecule has 0 fully saturated rings. The minimum absolute atomic E-state index is 0.0220. The predicted octanol–water partition coefficient (Wildman–Crippen LogP) is 3.02. The third-order valence-electron chi connectivity index (χ3n) is 3.63. The summed E-state index contributed by atoms with van der Waals surface area (Å²) in [5.41, 5.74) is 3.79. The third kappa shape index (κ3) is 2.21. The summed E-state index contributed by atoms with van der Waals surface area (Å²) in [4.78, 5) is 6.89. The molecule has 3 rings (SSSR count). The fraction of sp³-hybridized carbons (Fsp3) is 0.357. The number of halogens is 2. The first-order valence-corrected chi connectivity index (χ1v) is 6.94.